The highest BCUT2D eigenvalue weighted by Gasteiger charge is 2.27. The molecule has 8 heteroatoms. The minimum atomic E-state index is -4.45. The maximum Gasteiger partial charge on any atom is 0.405 e. The second kappa shape index (κ2) is 6.07. The molecule has 0 aromatic heterocycles. The maximum absolute atomic E-state index is 11.8. The molecule has 0 radical (unpaired) electrons. The van der Waals surface area contributed by atoms with Gasteiger partial charge in [0.1, 0.15) is 6.54 Å². The van der Waals surface area contributed by atoms with E-state index in [0.717, 1.165) is 0 Å². The number of benzene rings is 1. The number of hydrogen-bond donors (Lipinski definition) is 3. The van der Waals surface area contributed by atoms with E-state index in [0.29, 0.717) is 11.4 Å². The molecule has 104 valence electrons. The molecular formula is C11H12F3N3O2. The van der Waals surface area contributed by atoms with Crippen molar-refractivity contribution < 1.29 is 22.8 Å². The molecule has 19 heavy (non-hydrogen) atoms. The zero-order valence-corrected chi connectivity index (χ0v) is 9.97. The van der Waals surface area contributed by atoms with Crippen molar-refractivity contribution in [3.05, 3.63) is 24.3 Å². The second-order valence-corrected chi connectivity index (χ2v) is 3.68. The molecule has 1 aromatic rings. The lowest BCUT2D eigenvalue weighted by molar-refractivity contribution is -0.122. The highest BCUT2D eigenvalue weighted by Crippen LogP contribution is 2.14. The molecule has 3 amide bonds. The van der Waals surface area contributed by atoms with Crippen LogP contribution in [0, 0.1) is 0 Å². The van der Waals surface area contributed by atoms with Crippen molar-refractivity contribution in [2.24, 2.45) is 0 Å². The summed E-state index contributed by atoms with van der Waals surface area (Å²) >= 11 is 0. The molecule has 0 spiro atoms. The Morgan fingerprint density at radius 1 is 1.05 bits per heavy atom. The summed E-state index contributed by atoms with van der Waals surface area (Å²) in [5.41, 5.74) is 0.836. The Morgan fingerprint density at radius 2 is 1.53 bits per heavy atom. The molecule has 0 unspecified atom stereocenters. The molecule has 5 nitrogen and oxygen atoms in total. The summed E-state index contributed by atoms with van der Waals surface area (Å²) in [4.78, 5) is 21.9. The summed E-state index contributed by atoms with van der Waals surface area (Å²) in [5.74, 6) is -0.247. The van der Waals surface area contributed by atoms with Crippen molar-refractivity contribution in [2.75, 3.05) is 17.2 Å². The van der Waals surface area contributed by atoms with Crippen LogP contribution in [0.4, 0.5) is 29.3 Å². The molecule has 0 aliphatic heterocycles. The molecule has 3 N–H and O–H groups in total. The Morgan fingerprint density at radius 3 is 1.95 bits per heavy atom. The van der Waals surface area contributed by atoms with E-state index in [1.165, 1.54) is 31.2 Å². The van der Waals surface area contributed by atoms with Crippen LogP contribution in [0.5, 0.6) is 0 Å². The molecular weight excluding hydrogens is 263 g/mol. The number of alkyl halides is 3. The highest BCUT2D eigenvalue weighted by molar-refractivity contribution is 5.91. The third kappa shape index (κ3) is 6.29. The van der Waals surface area contributed by atoms with E-state index in [-0.39, 0.29) is 5.91 Å². The third-order valence-electron chi connectivity index (χ3n) is 1.91. The number of urea groups is 1. The van der Waals surface area contributed by atoms with Gasteiger partial charge in [-0.05, 0) is 24.3 Å². The normalized spacial score (nSPS) is 10.7. The number of rotatable bonds is 3. The Hall–Kier alpha value is -2.25. The first-order chi connectivity index (χ1) is 8.76. The van der Waals surface area contributed by atoms with Crippen LogP contribution in [0.1, 0.15) is 6.92 Å². The fraction of sp³-hybridized carbons (Fsp3) is 0.273. The maximum atomic E-state index is 11.8. The highest BCUT2D eigenvalue weighted by atomic mass is 19.4. The smallest absolute Gasteiger partial charge is 0.329 e. The zero-order valence-electron chi connectivity index (χ0n) is 9.97. The molecule has 0 fully saturated rings. The number of carbonyl (C=O) groups excluding carboxylic acids is 2. The predicted octanol–water partition coefficient (Wildman–Crippen LogP) is 2.33. The van der Waals surface area contributed by atoms with Crippen molar-refractivity contribution in [1.29, 1.82) is 0 Å². The van der Waals surface area contributed by atoms with Gasteiger partial charge in [-0.25, -0.2) is 4.79 Å². The number of nitrogens with one attached hydrogen (secondary N) is 3. The SMILES string of the molecule is CC(=O)Nc1ccc(NC(=O)NCC(F)(F)F)cc1. The minimum absolute atomic E-state index is 0.247. The van der Waals surface area contributed by atoms with Gasteiger partial charge in [0.15, 0.2) is 0 Å². The summed E-state index contributed by atoms with van der Waals surface area (Å²) in [5, 5.41) is 6.42. The summed E-state index contributed by atoms with van der Waals surface area (Å²) < 4.78 is 35.5. The Labute approximate surface area is 107 Å². The van der Waals surface area contributed by atoms with Gasteiger partial charge in [-0.3, -0.25) is 4.79 Å². The predicted molar refractivity (Wildman–Crippen MR) is 63.8 cm³/mol. The lowest BCUT2D eigenvalue weighted by atomic mass is 10.3. The van der Waals surface area contributed by atoms with Gasteiger partial charge in [-0.2, -0.15) is 13.2 Å². The Bertz CT molecular complexity index is 457. The summed E-state index contributed by atoms with van der Waals surface area (Å²) in [7, 11) is 0. The molecule has 0 aliphatic rings. The topological polar surface area (TPSA) is 70.2 Å². The van der Waals surface area contributed by atoms with Crippen LogP contribution >= 0.6 is 0 Å². The fourth-order valence-corrected chi connectivity index (χ4v) is 1.20. The van der Waals surface area contributed by atoms with Crippen LogP contribution in [-0.2, 0) is 4.79 Å². The first-order valence-electron chi connectivity index (χ1n) is 5.25. The van der Waals surface area contributed by atoms with Crippen LogP contribution < -0.4 is 16.0 Å². The zero-order chi connectivity index (χ0) is 14.5. The van der Waals surface area contributed by atoms with Gasteiger partial charge in [0.2, 0.25) is 5.91 Å². The summed E-state index contributed by atoms with van der Waals surface area (Å²) in [6.45, 7) is -0.0560. The van der Waals surface area contributed by atoms with Crippen molar-refractivity contribution in [2.45, 2.75) is 13.1 Å². The van der Waals surface area contributed by atoms with E-state index in [4.69, 9.17) is 0 Å². The van der Waals surface area contributed by atoms with Crippen molar-refractivity contribution in [3.63, 3.8) is 0 Å². The number of hydrogen-bond acceptors (Lipinski definition) is 2. The lowest BCUT2D eigenvalue weighted by Gasteiger charge is -2.10. The van der Waals surface area contributed by atoms with Crippen LogP contribution in [-0.4, -0.2) is 24.7 Å². The van der Waals surface area contributed by atoms with Crippen LogP contribution in [0.3, 0.4) is 0 Å². The first kappa shape index (κ1) is 14.8. The average molecular weight is 275 g/mol. The van der Waals surface area contributed by atoms with Crippen molar-refractivity contribution in [3.8, 4) is 0 Å². The van der Waals surface area contributed by atoms with E-state index in [9.17, 15) is 22.8 Å². The molecule has 0 saturated heterocycles. The van der Waals surface area contributed by atoms with Crippen LogP contribution in [0.25, 0.3) is 0 Å². The largest absolute Gasteiger partial charge is 0.405 e. The van der Waals surface area contributed by atoms with Gasteiger partial charge in [-0.1, -0.05) is 0 Å². The Kier molecular flexibility index (Phi) is 4.74. The quantitative estimate of drug-likeness (QED) is 0.792. The Balaban J connectivity index is 2.49. The van der Waals surface area contributed by atoms with E-state index in [1.807, 2.05) is 0 Å². The molecule has 0 bridgehead atoms. The molecule has 0 heterocycles. The van der Waals surface area contributed by atoms with E-state index in [1.54, 1.807) is 5.32 Å². The molecule has 0 saturated carbocycles. The van der Waals surface area contributed by atoms with Gasteiger partial charge in [0, 0.05) is 18.3 Å². The second-order valence-electron chi connectivity index (χ2n) is 3.68. The van der Waals surface area contributed by atoms with E-state index < -0.39 is 18.8 Å². The van der Waals surface area contributed by atoms with Crippen LogP contribution in [0.2, 0.25) is 0 Å². The van der Waals surface area contributed by atoms with Gasteiger partial charge in [-0.15, -0.1) is 0 Å². The van der Waals surface area contributed by atoms with Crippen molar-refractivity contribution >= 4 is 23.3 Å². The van der Waals surface area contributed by atoms with Gasteiger partial charge in [0.25, 0.3) is 0 Å². The first-order valence-corrected chi connectivity index (χ1v) is 5.25. The summed E-state index contributed by atoms with van der Waals surface area (Å²) in [6.07, 6.45) is -4.45. The number of carbonyl (C=O) groups is 2. The fourth-order valence-electron chi connectivity index (χ4n) is 1.20. The van der Waals surface area contributed by atoms with Gasteiger partial charge in [0.05, 0.1) is 0 Å². The monoisotopic (exact) mass is 275 g/mol. The van der Waals surface area contributed by atoms with E-state index in [2.05, 4.69) is 10.6 Å². The average Bonchev–Trinajstić information content (AvgIpc) is 2.28. The molecule has 1 rings (SSSR count). The van der Waals surface area contributed by atoms with Crippen LogP contribution in [0.15, 0.2) is 24.3 Å². The van der Waals surface area contributed by atoms with Crippen molar-refractivity contribution in [1.82, 2.24) is 5.32 Å². The number of halogens is 3. The summed E-state index contributed by atoms with van der Waals surface area (Å²) in [6, 6.07) is 4.99. The molecule has 0 aliphatic carbocycles. The standard InChI is InChI=1S/C11H12F3N3O2/c1-7(18)16-8-2-4-9(5-3-8)17-10(19)15-6-11(12,13)14/h2-5H,6H2,1H3,(H,16,18)(H2,15,17,19). The molecule has 0 atom stereocenters. The number of anilines is 2. The van der Waals surface area contributed by atoms with Gasteiger partial charge >= 0.3 is 12.2 Å². The third-order valence-corrected chi connectivity index (χ3v) is 1.91. The van der Waals surface area contributed by atoms with Gasteiger partial charge < -0.3 is 16.0 Å². The van der Waals surface area contributed by atoms with E-state index >= 15 is 0 Å². The lowest BCUT2D eigenvalue weighted by Crippen LogP contribution is -2.36. The number of amides is 3. The minimum Gasteiger partial charge on any atom is -0.329 e. The molecule has 1 aromatic carbocycles.